The summed E-state index contributed by atoms with van der Waals surface area (Å²) < 4.78 is 19.5. The number of carbonyl (C=O) groups excluding carboxylic acids is 1. The van der Waals surface area contributed by atoms with Gasteiger partial charge in [0.2, 0.25) is 0 Å². The molecule has 0 radical (unpaired) electrons. The van der Waals surface area contributed by atoms with Gasteiger partial charge in [0, 0.05) is 5.39 Å². The SMILES string of the molecule is CC(C)(C)OC(=O)Nc1sc2c(F)cnc(Br)c2c1C#N. The van der Waals surface area contributed by atoms with E-state index < -0.39 is 17.5 Å². The number of nitrogens with one attached hydrogen (secondary N) is 1. The number of amides is 1. The second-order valence-corrected chi connectivity index (χ2v) is 6.92. The fourth-order valence-corrected chi connectivity index (χ4v) is 3.29. The fourth-order valence-electron chi connectivity index (χ4n) is 1.62. The van der Waals surface area contributed by atoms with Gasteiger partial charge >= 0.3 is 6.09 Å². The molecule has 0 unspecified atom stereocenters. The van der Waals surface area contributed by atoms with Gasteiger partial charge in [-0.05, 0) is 36.7 Å². The lowest BCUT2D eigenvalue weighted by Crippen LogP contribution is -2.27. The fraction of sp³-hybridized carbons (Fsp3) is 0.308. The molecular weight excluding hydrogens is 361 g/mol. The zero-order valence-corrected chi connectivity index (χ0v) is 13.9. The van der Waals surface area contributed by atoms with Crippen LogP contribution in [0, 0.1) is 17.1 Å². The van der Waals surface area contributed by atoms with E-state index in [4.69, 9.17) is 4.74 Å². The summed E-state index contributed by atoms with van der Waals surface area (Å²) in [5.74, 6) is -0.549. The van der Waals surface area contributed by atoms with Gasteiger partial charge in [0.15, 0.2) is 5.82 Å². The van der Waals surface area contributed by atoms with Crippen LogP contribution in [0.15, 0.2) is 10.8 Å². The topological polar surface area (TPSA) is 75.0 Å². The molecule has 1 N–H and O–H groups in total. The summed E-state index contributed by atoms with van der Waals surface area (Å²) in [7, 11) is 0. The third-order valence-corrected chi connectivity index (χ3v) is 4.06. The van der Waals surface area contributed by atoms with Crippen LogP contribution in [0.2, 0.25) is 0 Å². The number of rotatable bonds is 1. The molecule has 21 heavy (non-hydrogen) atoms. The Kier molecular flexibility index (Phi) is 4.16. The Morgan fingerprint density at radius 1 is 1.57 bits per heavy atom. The molecule has 2 aromatic rings. The number of nitrogens with zero attached hydrogens (tertiary/aromatic N) is 2. The first-order chi connectivity index (χ1) is 9.73. The van der Waals surface area contributed by atoms with Crippen LogP contribution in [0.1, 0.15) is 26.3 Å². The summed E-state index contributed by atoms with van der Waals surface area (Å²) in [5, 5.41) is 12.3. The van der Waals surface area contributed by atoms with E-state index in [0.29, 0.717) is 9.99 Å². The van der Waals surface area contributed by atoms with Crippen molar-refractivity contribution in [1.29, 1.82) is 5.26 Å². The van der Waals surface area contributed by atoms with Crippen molar-refractivity contribution in [2.45, 2.75) is 26.4 Å². The van der Waals surface area contributed by atoms with Gasteiger partial charge in [0.05, 0.1) is 16.5 Å². The summed E-state index contributed by atoms with van der Waals surface area (Å²) in [6.45, 7) is 5.18. The Bertz CT molecular complexity index is 761. The number of anilines is 1. The van der Waals surface area contributed by atoms with Gasteiger partial charge in [-0.15, -0.1) is 11.3 Å². The van der Waals surface area contributed by atoms with Crippen molar-refractivity contribution in [2.75, 3.05) is 5.32 Å². The van der Waals surface area contributed by atoms with E-state index in [1.54, 1.807) is 20.8 Å². The van der Waals surface area contributed by atoms with Crippen molar-refractivity contribution < 1.29 is 13.9 Å². The number of aromatic nitrogens is 1. The molecule has 0 aliphatic heterocycles. The minimum absolute atomic E-state index is 0.153. The molecule has 1 amide bonds. The van der Waals surface area contributed by atoms with Gasteiger partial charge in [0.25, 0.3) is 0 Å². The van der Waals surface area contributed by atoms with Crippen molar-refractivity contribution >= 4 is 48.4 Å². The smallest absolute Gasteiger partial charge is 0.412 e. The Balaban J connectivity index is 2.46. The van der Waals surface area contributed by atoms with Crippen LogP contribution < -0.4 is 5.32 Å². The second-order valence-electron chi connectivity index (χ2n) is 5.15. The van der Waals surface area contributed by atoms with Gasteiger partial charge in [-0.2, -0.15) is 5.26 Å². The van der Waals surface area contributed by atoms with Crippen LogP contribution in [0.3, 0.4) is 0 Å². The summed E-state index contributed by atoms with van der Waals surface area (Å²) in [6.07, 6.45) is 0.358. The monoisotopic (exact) mass is 371 g/mol. The Morgan fingerprint density at radius 2 is 2.24 bits per heavy atom. The third kappa shape index (κ3) is 3.31. The maximum atomic E-state index is 13.8. The van der Waals surface area contributed by atoms with Gasteiger partial charge in [-0.1, -0.05) is 0 Å². The molecule has 2 rings (SSSR count). The van der Waals surface area contributed by atoms with Crippen LogP contribution in [-0.4, -0.2) is 16.7 Å². The van der Waals surface area contributed by atoms with Crippen molar-refractivity contribution in [3.8, 4) is 6.07 Å². The van der Waals surface area contributed by atoms with Gasteiger partial charge in [0.1, 0.15) is 21.3 Å². The number of fused-ring (bicyclic) bond motifs is 1. The number of ether oxygens (including phenoxy) is 1. The van der Waals surface area contributed by atoms with Crippen molar-refractivity contribution in [3.05, 3.63) is 22.2 Å². The van der Waals surface area contributed by atoms with Crippen LogP contribution in [0.5, 0.6) is 0 Å². The van der Waals surface area contributed by atoms with Crippen molar-refractivity contribution in [2.24, 2.45) is 0 Å². The van der Waals surface area contributed by atoms with E-state index in [1.165, 1.54) is 0 Å². The Labute approximate surface area is 132 Å². The second kappa shape index (κ2) is 5.58. The number of halogens is 2. The molecule has 0 aliphatic rings. The van der Waals surface area contributed by atoms with Crippen LogP contribution in [0.4, 0.5) is 14.2 Å². The first-order valence-corrected chi connectivity index (χ1v) is 7.50. The van der Waals surface area contributed by atoms with Crippen molar-refractivity contribution in [1.82, 2.24) is 4.98 Å². The molecule has 2 aromatic heterocycles. The number of thiophene rings is 1. The van der Waals surface area contributed by atoms with Crippen LogP contribution >= 0.6 is 27.3 Å². The van der Waals surface area contributed by atoms with Crippen LogP contribution in [0.25, 0.3) is 10.1 Å². The predicted molar refractivity (Wildman–Crippen MR) is 81.8 cm³/mol. The minimum Gasteiger partial charge on any atom is -0.444 e. The molecule has 0 bridgehead atoms. The average molecular weight is 372 g/mol. The van der Waals surface area contributed by atoms with E-state index in [0.717, 1.165) is 17.5 Å². The number of nitriles is 1. The zero-order chi connectivity index (χ0) is 15.8. The highest BCUT2D eigenvalue weighted by Gasteiger charge is 2.22. The quantitative estimate of drug-likeness (QED) is 0.752. The lowest BCUT2D eigenvalue weighted by molar-refractivity contribution is 0.0636. The average Bonchev–Trinajstić information content (AvgIpc) is 2.71. The van der Waals surface area contributed by atoms with Crippen LogP contribution in [-0.2, 0) is 4.74 Å². The number of carbonyl (C=O) groups is 1. The minimum atomic E-state index is -0.699. The Hall–Kier alpha value is -1.72. The van der Waals surface area contributed by atoms with E-state index in [2.05, 4.69) is 26.2 Å². The van der Waals surface area contributed by atoms with Gasteiger partial charge in [-0.3, -0.25) is 5.32 Å². The molecule has 0 aromatic carbocycles. The third-order valence-electron chi connectivity index (χ3n) is 2.35. The summed E-state index contributed by atoms with van der Waals surface area (Å²) in [5.41, 5.74) is -0.513. The summed E-state index contributed by atoms with van der Waals surface area (Å²) >= 11 is 4.15. The molecule has 0 fully saturated rings. The first kappa shape index (κ1) is 15.7. The standard InChI is InChI=1S/C13H11BrFN3O2S/c1-13(2,3)20-12(19)18-11-6(4-16)8-9(21-11)7(15)5-17-10(8)14/h5H,1-3H3,(H,18,19). The summed E-state index contributed by atoms with van der Waals surface area (Å²) in [6, 6.07) is 1.96. The van der Waals surface area contributed by atoms with Gasteiger partial charge in [-0.25, -0.2) is 14.2 Å². The number of pyridine rings is 1. The molecule has 0 saturated carbocycles. The number of hydrogen-bond acceptors (Lipinski definition) is 5. The lowest BCUT2D eigenvalue weighted by Gasteiger charge is -2.19. The highest BCUT2D eigenvalue weighted by atomic mass is 79.9. The molecule has 8 heteroatoms. The van der Waals surface area contributed by atoms with Gasteiger partial charge < -0.3 is 4.74 Å². The lowest BCUT2D eigenvalue weighted by atomic mass is 10.2. The molecule has 0 atom stereocenters. The molecule has 2 heterocycles. The predicted octanol–water partition coefficient (Wildman–Crippen LogP) is 4.42. The molecule has 0 spiro atoms. The highest BCUT2D eigenvalue weighted by molar-refractivity contribution is 9.10. The van der Waals surface area contributed by atoms with E-state index in [1.807, 2.05) is 6.07 Å². The van der Waals surface area contributed by atoms with E-state index >= 15 is 0 Å². The number of hydrogen-bond donors (Lipinski definition) is 1. The molecule has 0 aliphatic carbocycles. The molecule has 0 saturated heterocycles. The summed E-state index contributed by atoms with van der Waals surface area (Å²) in [4.78, 5) is 15.6. The maximum absolute atomic E-state index is 13.8. The zero-order valence-electron chi connectivity index (χ0n) is 11.5. The Morgan fingerprint density at radius 3 is 2.81 bits per heavy atom. The first-order valence-electron chi connectivity index (χ1n) is 5.89. The van der Waals surface area contributed by atoms with Crippen molar-refractivity contribution in [3.63, 3.8) is 0 Å². The normalized spacial score (nSPS) is 11.2. The molecule has 5 nitrogen and oxygen atoms in total. The molecule has 110 valence electrons. The molecular formula is C13H11BrFN3O2S. The maximum Gasteiger partial charge on any atom is 0.412 e. The largest absolute Gasteiger partial charge is 0.444 e. The highest BCUT2D eigenvalue weighted by Crippen LogP contribution is 2.39. The van der Waals surface area contributed by atoms with E-state index in [-0.39, 0.29) is 15.3 Å². The van der Waals surface area contributed by atoms with E-state index in [9.17, 15) is 14.4 Å².